The van der Waals surface area contributed by atoms with Crippen molar-refractivity contribution in [2.24, 2.45) is 5.73 Å². The van der Waals surface area contributed by atoms with Crippen molar-refractivity contribution in [1.82, 2.24) is 20.6 Å². The molecule has 98 valence electrons. The van der Waals surface area contributed by atoms with Crippen LogP contribution in [0.3, 0.4) is 0 Å². The van der Waals surface area contributed by atoms with Gasteiger partial charge in [0.25, 0.3) is 11.7 Å². The maximum atomic E-state index is 13.6. The highest BCUT2D eigenvalue weighted by atomic mass is 19.1. The Morgan fingerprint density at radius 2 is 2.16 bits per heavy atom. The number of nitrogens with zero attached hydrogens (tertiary/aromatic N) is 3. The van der Waals surface area contributed by atoms with E-state index in [1.54, 1.807) is 0 Å². The van der Waals surface area contributed by atoms with Crippen molar-refractivity contribution < 1.29 is 14.0 Å². The van der Waals surface area contributed by atoms with Gasteiger partial charge in [0.1, 0.15) is 5.82 Å². The molecule has 0 atom stereocenters. The minimum atomic E-state index is -0.797. The largest absolute Gasteiger partial charge is 0.366 e. The van der Waals surface area contributed by atoms with Crippen LogP contribution < -0.4 is 11.1 Å². The van der Waals surface area contributed by atoms with E-state index in [4.69, 9.17) is 5.73 Å². The van der Waals surface area contributed by atoms with Gasteiger partial charge in [0.15, 0.2) is 0 Å². The Hall–Kier alpha value is -2.84. The summed E-state index contributed by atoms with van der Waals surface area (Å²) in [5, 5.41) is 14.7. The summed E-state index contributed by atoms with van der Waals surface area (Å²) in [5.74, 6) is -2.34. The summed E-state index contributed by atoms with van der Waals surface area (Å²) in [6, 6.07) is 2.28. The highest BCUT2D eigenvalue weighted by molar-refractivity contribution is 6.03. The fourth-order valence-electron chi connectivity index (χ4n) is 1.39. The summed E-state index contributed by atoms with van der Waals surface area (Å²) in [5.41, 5.74) is 5.30. The number of nitrogens with one attached hydrogen (secondary N) is 2. The second-order valence-electron chi connectivity index (χ2n) is 3.68. The van der Waals surface area contributed by atoms with Crippen LogP contribution in [-0.2, 0) is 0 Å². The second-order valence-corrected chi connectivity index (χ2v) is 3.68. The number of benzene rings is 1. The van der Waals surface area contributed by atoms with E-state index >= 15 is 0 Å². The average molecular weight is 264 g/mol. The van der Waals surface area contributed by atoms with Crippen molar-refractivity contribution in [3.8, 4) is 0 Å². The highest BCUT2D eigenvalue weighted by Crippen LogP contribution is 2.21. The van der Waals surface area contributed by atoms with Crippen LogP contribution in [0.2, 0.25) is 0 Å². The number of rotatable bonds is 3. The van der Waals surface area contributed by atoms with Crippen molar-refractivity contribution in [2.75, 3.05) is 5.32 Å². The van der Waals surface area contributed by atoms with Gasteiger partial charge in [0.2, 0.25) is 5.91 Å². The minimum absolute atomic E-state index is 0.0495. The van der Waals surface area contributed by atoms with Gasteiger partial charge < -0.3 is 11.1 Å². The average Bonchev–Trinajstić information content (AvgIpc) is 2.88. The van der Waals surface area contributed by atoms with E-state index in [0.29, 0.717) is 0 Å². The Balaban J connectivity index is 2.34. The lowest BCUT2D eigenvalue weighted by Crippen LogP contribution is -2.17. The molecule has 1 aromatic heterocycles. The van der Waals surface area contributed by atoms with Gasteiger partial charge in [0, 0.05) is 16.8 Å². The summed E-state index contributed by atoms with van der Waals surface area (Å²) in [6.07, 6.45) is 0. The lowest BCUT2D eigenvalue weighted by atomic mass is 10.1. The minimum Gasteiger partial charge on any atom is -0.366 e. The standard InChI is InChI=1S/C10H9FN6O2/c1-4-6(11)2-5(8(12)18)3-7(4)13-10(19)9-14-16-17-15-9/h2-3H,1H3,(H2,12,18)(H,13,19)(H,14,15,16,17). The number of hydrogen-bond donors (Lipinski definition) is 3. The Kier molecular flexibility index (Phi) is 3.19. The number of carbonyl (C=O) groups excluding carboxylic acids is 2. The molecule has 0 saturated carbocycles. The van der Waals surface area contributed by atoms with E-state index in [0.717, 1.165) is 6.07 Å². The van der Waals surface area contributed by atoms with E-state index in [9.17, 15) is 14.0 Å². The lowest BCUT2D eigenvalue weighted by Gasteiger charge is -2.09. The third-order valence-corrected chi connectivity index (χ3v) is 2.43. The molecule has 19 heavy (non-hydrogen) atoms. The van der Waals surface area contributed by atoms with Gasteiger partial charge in [-0.1, -0.05) is 0 Å². The van der Waals surface area contributed by atoms with E-state index in [2.05, 4.69) is 25.9 Å². The summed E-state index contributed by atoms with van der Waals surface area (Å²) < 4.78 is 13.6. The number of anilines is 1. The molecule has 0 aliphatic rings. The van der Waals surface area contributed by atoms with Gasteiger partial charge in [-0.25, -0.2) is 4.39 Å². The molecule has 1 heterocycles. The number of amides is 2. The number of tetrazole rings is 1. The molecule has 0 aliphatic heterocycles. The number of nitrogens with two attached hydrogens (primary N) is 1. The van der Waals surface area contributed by atoms with Crippen LogP contribution in [0.5, 0.6) is 0 Å². The first-order chi connectivity index (χ1) is 8.99. The predicted octanol–water partition coefficient (Wildman–Crippen LogP) is -0.00158. The first-order valence-electron chi connectivity index (χ1n) is 5.14. The predicted molar refractivity (Wildman–Crippen MR) is 61.8 cm³/mol. The van der Waals surface area contributed by atoms with Gasteiger partial charge in [0.05, 0.1) is 0 Å². The number of H-pyrrole nitrogens is 1. The number of carbonyl (C=O) groups is 2. The molecule has 0 bridgehead atoms. The van der Waals surface area contributed by atoms with Crippen LogP contribution in [0.1, 0.15) is 26.5 Å². The van der Waals surface area contributed by atoms with E-state index in [1.807, 2.05) is 0 Å². The zero-order valence-corrected chi connectivity index (χ0v) is 9.77. The molecule has 2 aromatic rings. The van der Waals surface area contributed by atoms with Gasteiger partial charge in [-0.15, -0.1) is 10.2 Å². The normalized spacial score (nSPS) is 10.2. The maximum Gasteiger partial charge on any atom is 0.297 e. The van der Waals surface area contributed by atoms with Crippen molar-refractivity contribution in [1.29, 1.82) is 0 Å². The first-order valence-corrected chi connectivity index (χ1v) is 5.14. The lowest BCUT2D eigenvalue weighted by molar-refractivity contribution is 0.0994. The van der Waals surface area contributed by atoms with E-state index in [1.165, 1.54) is 13.0 Å². The smallest absolute Gasteiger partial charge is 0.297 e. The fraction of sp³-hybridized carbons (Fsp3) is 0.100. The Labute approximate surface area is 106 Å². The highest BCUT2D eigenvalue weighted by Gasteiger charge is 2.15. The SMILES string of the molecule is Cc1c(F)cc(C(N)=O)cc1NC(=O)c1nn[nH]n1. The summed E-state index contributed by atoms with van der Waals surface area (Å²) in [6.45, 7) is 1.45. The number of hydrogen-bond acceptors (Lipinski definition) is 5. The fourth-order valence-corrected chi connectivity index (χ4v) is 1.39. The molecule has 0 fully saturated rings. The molecule has 8 nitrogen and oxygen atoms in total. The molecule has 0 saturated heterocycles. The monoisotopic (exact) mass is 264 g/mol. The van der Waals surface area contributed by atoms with Gasteiger partial charge in [-0.2, -0.15) is 5.21 Å². The molecule has 4 N–H and O–H groups in total. The molecule has 9 heteroatoms. The van der Waals surface area contributed by atoms with Crippen molar-refractivity contribution in [3.63, 3.8) is 0 Å². The number of aromatic nitrogens is 4. The molecule has 2 rings (SSSR count). The van der Waals surface area contributed by atoms with E-state index in [-0.39, 0.29) is 22.6 Å². The molecule has 0 unspecified atom stereocenters. The van der Waals surface area contributed by atoms with Crippen LogP contribution in [0.15, 0.2) is 12.1 Å². The Morgan fingerprint density at radius 3 is 2.74 bits per heavy atom. The Bertz CT molecular complexity index is 640. The summed E-state index contributed by atoms with van der Waals surface area (Å²) in [7, 11) is 0. The summed E-state index contributed by atoms with van der Waals surface area (Å²) >= 11 is 0. The zero-order chi connectivity index (χ0) is 14.0. The van der Waals surface area contributed by atoms with Crippen molar-refractivity contribution in [2.45, 2.75) is 6.92 Å². The van der Waals surface area contributed by atoms with Gasteiger partial charge >= 0.3 is 0 Å². The third-order valence-electron chi connectivity index (χ3n) is 2.43. The first kappa shape index (κ1) is 12.6. The maximum absolute atomic E-state index is 13.6. The van der Waals surface area contributed by atoms with Crippen LogP contribution in [0.4, 0.5) is 10.1 Å². The molecule has 1 aromatic carbocycles. The van der Waals surface area contributed by atoms with Gasteiger partial charge in [-0.05, 0) is 24.3 Å². The zero-order valence-electron chi connectivity index (χ0n) is 9.77. The number of aromatic amines is 1. The second kappa shape index (κ2) is 4.80. The molecule has 0 spiro atoms. The third kappa shape index (κ3) is 2.54. The molecular formula is C10H9FN6O2. The number of halogens is 1. The quantitative estimate of drug-likeness (QED) is 0.719. The Morgan fingerprint density at radius 1 is 1.42 bits per heavy atom. The van der Waals surface area contributed by atoms with Crippen LogP contribution in [0.25, 0.3) is 0 Å². The van der Waals surface area contributed by atoms with Crippen LogP contribution >= 0.6 is 0 Å². The molecule has 0 aliphatic carbocycles. The van der Waals surface area contributed by atoms with E-state index < -0.39 is 17.6 Å². The van der Waals surface area contributed by atoms with Gasteiger partial charge in [-0.3, -0.25) is 9.59 Å². The molecular weight excluding hydrogens is 255 g/mol. The van der Waals surface area contributed by atoms with Crippen LogP contribution in [0, 0.1) is 12.7 Å². The van der Waals surface area contributed by atoms with Crippen molar-refractivity contribution >= 4 is 17.5 Å². The summed E-state index contributed by atoms with van der Waals surface area (Å²) in [4.78, 5) is 22.7. The number of primary amides is 1. The topological polar surface area (TPSA) is 127 Å². The van der Waals surface area contributed by atoms with Crippen molar-refractivity contribution in [3.05, 3.63) is 34.9 Å². The molecule has 2 amide bonds. The molecule has 0 radical (unpaired) electrons. The van der Waals surface area contributed by atoms with Crippen LogP contribution in [-0.4, -0.2) is 32.4 Å².